The Bertz CT molecular complexity index is 1390. The molecule has 0 saturated carbocycles. The summed E-state index contributed by atoms with van der Waals surface area (Å²) in [5, 5.41) is 3.09. The molecule has 0 spiro atoms. The molecule has 0 aliphatic rings. The standard InChI is InChI=1S/C29H33ClFN3O4S/c1-21-25(30)11-7-12-26(21)34(39(3,37)38)18-8-13-28(35)33(20-23-14-16-24(31)17-15-23)27(29(36)32-2)19-22-9-5-4-6-10-22/h4-7,9-12,14-17,27H,8,13,18-20H2,1-3H3,(H,32,36). The van der Waals surface area contributed by atoms with Gasteiger partial charge >= 0.3 is 0 Å². The van der Waals surface area contributed by atoms with Crippen molar-refractivity contribution in [3.63, 3.8) is 0 Å². The summed E-state index contributed by atoms with van der Waals surface area (Å²) in [5.74, 6) is -1.05. The number of carbonyl (C=O) groups excluding carboxylic acids is 2. The number of sulfonamides is 1. The molecule has 3 aromatic carbocycles. The fourth-order valence-electron chi connectivity index (χ4n) is 4.36. The quantitative estimate of drug-likeness (QED) is 0.340. The lowest BCUT2D eigenvalue weighted by atomic mass is 10.0. The maximum atomic E-state index is 13.6. The van der Waals surface area contributed by atoms with Gasteiger partial charge in [0.1, 0.15) is 11.9 Å². The molecule has 0 saturated heterocycles. The summed E-state index contributed by atoms with van der Waals surface area (Å²) >= 11 is 6.22. The first-order valence-electron chi connectivity index (χ1n) is 12.5. The van der Waals surface area contributed by atoms with E-state index in [2.05, 4.69) is 5.32 Å². The number of benzene rings is 3. The van der Waals surface area contributed by atoms with Crippen LogP contribution in [0.4, 0.5) is 10.1 Å². The Morgan fingerprint density at radius 3 is 2.26 bits per heavy atom. The van der Waals surface area contributed by atoms with Crippen LogP contribution in [0.2, 0.25) is 5.02 Å². The van der Waals surface area contributed by atoms with Crippen LogP contribution in [-0.4, -0.2) is 51.0 Å². The molecule has 7 nitrogen and oxygen atoms in total. The molecule has 0 aliphatic carbocycles. The number of halogens is 2. The van der Waals surface area contributed by atoms with Crippen molar-refractivity contribution in [2.75, 3.05) is 24.2 Å². The van der Waals surface area contributed by atoms with Crippen LogP contribution >= 0.6 is 11.6 Å². The largest absolute Gasteiger partial charge is 0.357 e. The van der Waals surface area contributed by atoms with Gasteiger partial charge in [-0.2, -0.15) is 0 Å². The fraction of sp³-hybridized carbons (Fsp3) is 0.310. The molecule has 0 fully saturated rings. The van der Waals surface area contributed by atoms with Gasteiger partial charge in [-0.3, -0.25) is 13.9 Å². The van der Waals surface area contributed by atoms with Gasteiger partial charge in [-0.05, 0) is 54.3 Å². The highest BCUT2D eigenvalue weighted by molar-refractivity contribution is 7.92. The molecular formula is C29H33ClFN3O4S. The van der Waals surface area contributed by atoms with Gasteiger partial charge in [-0.25, -0.2) is 12.8 Å². The minimum Gasteiger partial charge on any atom is -0.357 e. The number of amides is 2. The zero-order valence-electron chi connectivity index (χ0n) is 22.2. The van der Waals surface area contributed by atoms with Crippen molar-refractivity contribution >= 4 is 39.1 Å². The van der Waals surface area contributed by atoms with Gasteiger partial charge in [-0.1, -0.05) is 60.1 Å². The van der Waals surface area contributed by atoms with Crippen LogP contribution in [0.1, 0.15) is 29.5 Å². The number of nitrogens with one attached hydrogen (secondary N) is 1. The Morgan fingerprint density at radius 1 is 0.974 bits per heavy atom. The minimum atomic E-state index is -3.65. The number of anilines is 1. The average molecular weight is 574 g/mol. The second-order valence-electron chi connectivity index (χ2n) is 9.29. The molecular weight excluding hydrogens is 541 g/mol. The SMILES string of the molecule is CNC(=O)C(Cc1ccccc1)N(Cc1ccc(F)cc1)C(=O)CCCN(c1cccc(Cl)c1C)S(C)(=O)=O. The fourth-order valence-corrected chi connectivity index (χ4v) is 5.54. The summed E-state index contributed by atoms with van der Waals surface area (Å²) in [6.07, 6.45) is 1.60. The van der Waals surface area contributed by atoms with E-state index in [9.17, 15) is 22.4 Å². The van der Waals surface area contributed by atoms with E-state index in [4.69, 9.17) is 11.6 Å². The molecule has 0 bridgehead atoms. The van der Waals surface area contributed by atoms with Crippen molar-refractivity contribution in [3.8, 4) is 0 Å². The first-order chi connectivity index (χ1) is 18.5. The predicted molar refractivity (Wildman–Crippen MR) is 153 cm³/mol. The molecule has 0 aliphatic heterocycles. The van der Waals surface area contributed by atoms with Crippen LogP contribution in [0.25, 0.3) is 0 Å². The van der Waals surface area contributed by atoms with Crippen LogP contribution < -0.4 is 9.62 Å². The van der Waals surface area contributed by atoms with Gasteiger partial charge in [-0.15, -0.1) is 0 Å². The van der Waals surface area contributed by atoms with Crippen molar-refractivity contribution in [1.82, 2.24) is 10.2 Å². The number of likely N-dealkylation sites (N-methyl/N-ethyl adjacent to an activating group) is 1. The summed E-state index contributed by atoms with van der Waals surface area (Å²) < 4.78 is 40.0. The first kappa shape index (κ1) is 30.1. The lowest BCUT2D eigenvalue weighted by molar-refractivity contribution is -0.141. The number of carbonyl (C=O) groups is 2. The van der Waals surface area contributed by atoms with E-state index in [-0.39, 0.29) is 44.2 Å². The third-order valence-corrected chi connectivity index (χ3v) is 8.03. The second kappa shape index (κ2) is 13.6. The van der Waals surface area contributed by atoms with Gasteiger partial charge in [0.15, 0.2) is 0 Å². The van der Waals surface area contributed by atoms with Gasteiger partial charge in [0.2, 0.25) is 21.8 Å². The number of nitrogens with zero attached hydrogens (tertiary/aromatic N) is 2. The van der Waals surface area contributed by atoms with Crippen LogP contribution in [0.5, 0.6) is 0 Å². The van der Waals surface area contributed by atoms with Crippen molar-refractivity contribution < 1.29 is 22.4 Å². The summed E-state index contributed by atoms with van der Waals surface area (Å²) in [7, 11) is -2.14. The molecule has 0 radical (unpaired) electrons. The highest BCUT2D eigenvalue weighted by Crippen LogP contribution is 2.28. The van der Waals surface area contributed by atoms with E-state index in [1.54, 1.807) is 37.3 Å². The molecule has 0 heterocycles. The lowest BCUT2D eigenvalue weighted by Gasteiger charge is -2.31. The monoisotopic (exact) mass is 573 g/mol. The summed E-state index contributed by atoms with van der Waals surface area (Å²) in [6.45, 7) is 1.88. The molecule has 2 amide bonds. The molecule has 3 rings (SSSR count). The molecule has 3 aromatic rings. The van der Waals surface area contributed by atoms with Crippen molar-refractivity contribution in [2.45, 2.75) is 38.8 Å². The van der Waals surface area contributed by atoms with Crippen LogP contribution in [-0.2, 0) is 32.6 Å². The highest BCUT2D eigenvalue weighted by Gasteiger charge is 2.30. The smallest absolute Gasteiger partial charge is 0.242 e. The van der Waals surface area contributed by atoms with Crippen LogP contribution in [0.3, 0.4) is 0 Å². The van der Waals surface area contributed by atoms with Crippen molar-refractivity contribution in [2.24, 2.45) is 0 Å². The van der Waals surface area contributed by atoms with E-state index in [0.717, 1.165) is 11.8 Å². The Morgan fingerprint density at radius 2 is 1.64 bits per heavy atom. The highest BCUT2D eigenvalue weighted by atomic mass is 35.5. The molecule has 0 aromatic heterocycles. The molecule has 1 N–H and O–H groups in total. The summed E-state index contributed by atoms with van der Waals surface area (Å²) in [4.78, 5) is 28.1. The van der Waals surface area contributed by atoms with E-state index >= 15 is 0 Å². The Hall–Kier alpha value is -3.43. The average Bonchev–Trinajstić information content (AvgIpc) is 2.91. The number of hydrogen-bond acceptors (Lipinski definition) is 4. The van der Waals surface area contributed by atoms with Crippen molar-refractivity contribution in [3.05, 3.63) is 100 Å². The zero-order chi connectivity index (χ0) is 28.6. The van der Waals surface area contributed by atoms with Crippen LogP contribution in [0.15, 0.2) is 72.8 Å². The molecule has 208 valence electrons. The lowest BCUT2D eigenvalue weighted by Crippen LogP contribution is -2.49. The topological polar surface area (TPSA) is 86.8 Å². The van der Waals surface area contributed by atoms with E-state index in [0.29, 0.717) is 21.8 Å². The molecule has 1 atom stereocenters. The Labute approximate surface area is 234 Å². The first-order valence-corrected chi connectivity index (χ1v) is 14.8. The maximum absolute atomic E-state index is 13.6. The van der Waals surface area contributed by atoms with Gasteiger partial charge in [0.25, 0.3) is 0 Å². The van der Waals surface area contributed by atoms with E-state index in [1.165, 1.54) is 28.4 Å². The van der Waals surface area contributed by atoms with Gasteiger partial charge < -0.3 is 10.2 Å². The van der Waals surface area contributed by atoms with Crippen LogP contribution in [0, 0.1) is 12.7 Å². The van der Waals surface area contributed by atoms with E-state index < -0.39 is 21.9 Å². The Kier molecular flexibility index (Phi) is 10.5. The third kappa shape index (κ3) is 8.28. The normalized spacial score (nSPS) is 12.0. The van der Waals surface area contributed by atoms with E-state index in [1.807, 2.05) is 30.3 Å². The minimum absolute atomic E-state index is 0.00485. The maximum Gasteiger partial charge on any atom is 0.242 e. The van der Waals surface area contributed by atoms with Crippen molar-refractivity contribution in [1.29, 1.82) is 0 Å². The number of hydrogen-bond donors (Lipinski definition) is 1. The number of rotatable bonds is 12. The summed E-state index contributed by atoms with van der Waals surface area (Å²) in [6, 6.07) is 19.3. The predicted octanol–water partition coefficient (Wildman–Crippen LogP) is 4.72. The second-order valence-corrected chi connectivity index (χ2v) is 11.6. The third-order valence-electron chi connectivity index (χ3n) is 6.44. The molecule has 1 unspecified atom stereocenters. The van der Waals surface area contributed by atoms with Gasteiger partial charge in [0, 0.05) is 38.0 Å². The Balaban J connectivity index is 1.86. The molecule has 10 heteroatoms. The van der Waals surface area contributed by atoms with Gasteiger partial charge in [0.05, 0.1) is 11.9 Å². The zero-order valence-corrected chi connectivity index (χ0v) is 23.8. The molecule has 39 heavy (non-hydrogen) atoms. The summed E-state index contributed by atoms with van der Waals surface area (Å²) in [5.41, 5.74) is 2.62.